The van der Waals surface area contributed by atoms with Crippen molar-refractivity contribution in [1.29, 1.82) is 0 Å². The number of carbonyl (C=O) groups excluding carboxylic acids is 1. The molecule has 0 fully saturated rings. The van der Waals surface area contributed by atoms with E-state index in [2.05, 4.69) is 5.32 Å². The lowest BCUT2D eigenvalue weighted by Gasteiger charge is -2.11. The molecule has 0 aliphatic carbocycles. The van der Waals surface area contributed by atoms with Gasteiger partial charge in [0.2, 0.25) is 5.91 Å². The van der Waals surface area contributed by atoms with Gasteiger partial charge < -0.3 is 9.73 Å². The van der Waals surface area contributed by atoms with Crippen molar-refractivity contribution in [2.24, 2.45) is 0 Å². The molecule has 0 radical (unpaired) electrons. The fraction of sp³-hybridized carbons (Fsp3) is 0.308. The quantitative estimate of drug-likeness (QED) is 0.884. The second kappa shape index (κ2) is 5.68. The zero-order chi connectivity index (χ0) is 12.1. The van der Waals surface area contributed by atoms with Crippen molar-refractivity contribution in [3.05, 3.63) is 46.5 Å². The van der Waals surface area contributed by atoms with Crippen LogP contribution in [0.2, 0.25) is 0 Å². The van der Waals surface area contributed by atoms with E-state index in [0.29, 0.717) is 12.8 Å². The van der Waals surface area contributed by atoms with Crippen LogP contribution in [0.4, 0.5) is 0 Å². The molecule has 1 amide bonds. The van der Waals surface area contributed by atoms with Gasteiger partial charge >= 0.3 is 0 Å². The number of thiophene rings is 1. The Labute approximate surface area is 104 Å². The molecule has 0 saturated carbocycles. The summed E-state index contributed by atoms with van der Waals surface area (Å²) < 4.78 is 5.18. The Kier molecular flexibility index (Phi) is 3.98. The van der Waals surface area contributed by atoms with Crippen LogP contribution >= 0.6 is 11.3 Å². The van der Waals surface area contributed by atoms with Gasteiger partial charge in [0.1, 0.15) is 5.76 Å². The Morgan fingerprint density at radius 3 is 3.00 bits per heavy atom. The number of amides is 1. The minimum atomic E-state index is 0.0577. The van der Waals surface area contributed by atoms with E-state index < -0.39 is 0 Å². The largest absolute Gasteiger partial charge is 0.469 e. The summed E-state index contributed by atoms with van der Waals surface area (Å²) in [5.41, 5.74) is 0. The lowest BCUT2D eigenvalue weighted by atomic mass is 10.2. The first-order chi connectivity index (χ1) is 8.25. The Hall–Kier alpha value is -1.55. The fourth-order valence-corrected chi connectivity index (χ4v) is 2.35. The second-order valence-corrected chi connectivity index (χ2v) is 4.86. The Morgan fingerprint density at radius 2 is 2.35 bits per heavy atom. The molecule has 2 aromatic heterocycles. The molecule has 17 heavy (non-hydrogen) atoms. The molecule has 3 nitrogen and oxygen atoms in total. The molecular formula is C13H15NO2S. The molecule has 0 bridgehead atoms. The van der Waals surface area contributed by atoms with Gasteiger partial charge in [0.25, 0.3) is 0 Å². The maximum Gasteiger partial charge on any atom is 0.220 e. The molecule has 1 atom stereocenters. The van der Waals surface area contributed by atoms with E-state index >= 15 is 0 Å². The number of carbonyl (C=O) groups is 1. The fourth-order valence-electron chi connectivity index (χ4n) is 1.61. The molecule has 4 heteroatoms. The minimum Gasteiger partial charge on any atom is -0.469 e. The SMILES string of the molecule is CC(NC(=O)CCc1ccco1)c1cccs1. The third-order valence-corrected chi connectivity index (χ3v) is 3.58. The summed E-state index contributed by atoms with van der Waals surface area (Å²) in [4.78, 5) is 12.9. The van der Waals surface area contributed by atoms with Crippen LogP contribution in [0.1, 0.15) is 30.0 Å². The first-order valence-corrected chi connectivity index (χ1v) is 6.49. The Morgan fingerprint density at radius 1 is 1.47 bits per heavy atom. The molecule has 2 heterocycles. The van der Waals surface area contributed by atoms with Crippen LogP contribution in [0.25, 0.3) is 0 Å². The highest BCUT2D eigenvalue weighted by molar-refractivity contribution is 7.10. The lowest BCUT2D eigenvalue weighted by Crippen LogP contribution is -2.26. The minimum absolute atomic E-state index is 0.0577. The highest BCUT2D eigenvalue weighted by Gasteiger charge is 2.10. The van der Waals surface area contributed by atoms with Gasteiger partial charge in [-0.25, -0.2) is 0 Å². The van der Waals surface area contributed by atoms with Gasteiger partial charge in [-0.2, -0.15) is 0 Å². The van der Waals surface area contributed by atoms with Crippen LogP contribution in [0.5, 0.6) is 0 Å². The zero-order valence-electron chi connectivity index (χ0n) is 9.68. The third-order valence-electron chi connectivity index (χ3n) is 2.53. The highest BCUT2D eigenvalue weighted by Crippen LogP contribution is 2.18. The van der Waals surface area contributed by atoms with Gasteiger partial charge in [0.05, 0.1) is 12.3 Å². The molecule has 0 aliphatic heterocycles. The van der Waals surface area contributed by atoms with Crippen molar-refractivity contribution < 1.29 is 9.21 Å². The predicted molar refractivity (Wildman–Crippen MR) is 67.9 cm³/mol. The summed E-state index contributed by atoms with van der Waals surface area (Å²) in [6, 6.07) is 7.82. The molecule has 0 aliphatic rings. The highest BCUT2D eigenvalue weighted by atomic mass is 32.1. The van der Waals surface area contributed by atoms with Crippen LogP contribution in [0, 0.1) is 0 Å². The van der Waals surface area contributed by atoms with E-state index in [-0.39, 0.29) is 11.9 Å². The van der Waals surface area contributed by atoms with Gasteiger partial charge in [-0.05, 0) is 30.5 Å². The van der Waals surface area contributed by atoms with E-state index in [1.807, 2.05) is 36.6 Å². The predicted octanol–water partition coefficient (Wildman–Crippen LogP) is 3.15. The van der Waals surface area contributed by atoms with Crippen molar-refractivity contribution in [1.82, 2.24) is 5.32 Å². The molecule has 2 rings (SSSR count). The summed E-state index contributed by atoms with van der Waals surface area (Å²) in [7, 11) is 0. The van der Waals surface area contributed by atoms with Crippen LogP contribution in [0.3, 0.4) is 0 Å². The molecule has 0 spiro atoms. The van der Waals surface area contributed by atoms with Gasteiger partial charge in [0, 0.05) is 17.7 Å². The molecule has 90 valence electrons. The molecular weight excluding hydrogens is 234 g/mol. The lowest BCUT2D eigenvalue weighted by molar-refractivity contribution is -0.121. The van der Waals surface area contributed by atoms with Crippen molar-refractivity contribution in [2.75, 3.05) is 0 Å². The topological polar surface area (TPSA) is 42.2 Å². The van der Waals surface area contributed by atoms with E-state index in [1.165, 1.54) is 4.88 Å². The molecule has 2 aromatic rings. The first kappa shape index (κ1) is 11.9. The monoisotopic (exact) mass is 249 g/mol. The normalized spacial score (nSPS) is 12.3. The van der Waals surface area contributed by atoms with E-state index in [4.69, 9.17) is 4.42 Å². The standard InChI is InChI=1S/C13H15NO2S/c1-10(12-5-3-9-17-12)14-13(15)7-6-11-4-2-8-16-11/h2-5,8-10H,6-7H2,1H3,(H,14,15). The van der Waals surface area contributed by atoms with E-state index in [9.17, 15) is 4.79 Å². The maximum absolute atomic E-state index is 11.7. The molecule has 0 saturated heterocycles. The van der Waals surface area contributed by atoms with E-state index in [1.54, 1.807) is 17.6 Å². The average Bonchev–Trinajstić information content (AvgIpc) is 2.99. The smallest absolute Gasteiger partial charge is 0.220 e. The zero-order valence-corrected chi connectivity index (χ0v) is 10.5. The van der Waals surface area contributed by atoms with Crippen LogP contribution < -0.4 is 5.32 Å². The van der Waals surface area contributed by atoms with E-state index in [0.717, 1.165) is 5.76 Å². The number of hydrogen-bond donors (Lipinski definition) is 1. The van der Waals surface area contributed by atoms with Crippen LogP contribution in [-0.4, -0.2) is 5.91 Å². The van der Waals surface area contributed by atoms with Crippen molar-refractivity contribution in [3.63, 3.8) is 0 Å². The summed E-state index contributed by atoms with van der Waals surface area (Å²) in [6.07, 6.45) is 2.74. The number of aryl methyl sites for hydroxylation is 1. The maximum atomic E-state index is 11.7. The molecule has 1 N–H and O–H groups in total. The first-order valence-electron chi connectivity index (χ1n) is 5.61. The van der Waals surface area contributed by atoms with Crippen molar-refractivity contribution >= 4 is 17.2 Å². The van der Waals surface area contributed by atoms with Gasteiger partial charge in [-0.1, -0.05) is 6.07 Å². The number of hydrogen-bond acceptors (Lipinski definition) is 3. The average molecular weight is 249 g/mol. The summed E-state index contributed by atoms with van der Waals surface area (Å²) in [6.45, 7) is 2.00. The van der Waals surface area contributed by atoms with Crippen LogP contribution in [-0.2, 0) is 11.2 Å². The Bertz CT molecular complexity index is 448. The molecule has 0 aromatic carbocycles. The summed E-state index contributed by atoms with van der Waals surface area (Å²) in [5.74, 6) is 0.909. The van der Waals surface area contributed by atoms with Gasteiger partial charge in [-0.15, -0.1) is 11.3 Å². The summed E-state index contributed by atoms with van der Waals surface area (Å²) in [5, 5.41) is 4.99. The van der Waals surface area contributed by atoms with Gasteiger partial charge in [-0.3, -0.25) is 4.79 Å². The Balaban J connectivity index is 1.77. The summed E-state index contributed by atoms with van der Waals surface area (Å²) >= 11 is 1.66. The van der Waals surface area contributed by atoms with Crippen LogP contribution in [0.15, 0.2) is 40.3 Å². The number of nitrogens with one attached hydrogen (secondary N) is 1. The molecule has 1 unspecified atom stereocenters. The number of rotatable bonds is 5. The number of furan rings is 1. The van der Waals surface area contributed by atoms with Crippen molar-refractivity contribution in [3.8, 4) is 0 Å². The second-order valence-electron chi connectivity index (χ2n) is 3.88. The van der Waals surface area contributed by atoms with Crippen molar-refractivity contribution in [2.45, 2.75) is 25.8 Å². The third kappa shape index (κ3) is 3.46. The van der Waals surface area contributed by atoms with Gasteiger partial charge in [0.15, 0.2) is 0 Å².